The molecule has 0 heterocycles. The van der Waals surface area contributed by atoms with E-state index in [9.17, 15) is 4.79 Å². The predicted molar refractivity (Wildman–Crippen MR) is 79.1 cm³/mol. The van der Waals surface area contributed by atoms with Crippen LogP contribution >= 0.6 is 0 Å². The minimum Gasteiger partial charge on any atom is -0.300 e. The molecule has 0 saturated carbocycles. The molecule has 2 aromatic rings. The number of hydrogen-bond acceptors (Lipinski definition) is 2. The topological polar surface area (TPSA) is 29.4 Å². The molecule has 2 aromatic carbocycles. The molecule has 2 nitrogen and oxygen atoms in total. The number of aliphatic imine (C=N–C) groups is 1. The molecular weight excluding hydrogens is 234 g/mol. The highest BCUT2D eigenvalue weighted by atomic mass is 16.1. The van der Waals surface area contributed by atoms with E-state index < -0.39 is 0 Å². The van der Waals surface area contributed by atoms with Crippen molar-refractivity contribution in [2.45, 2.75) is 20.3 Å². The number of carbonyl (C=O) groups excluding carboxylic acids is 1. The quantitative estimate of drug-likeness (QED) is 0.756. The van der Waals surface area contributed by atoms with Gasteiger partial charge in [-0.3, -0.25) is 9.79 Å². The van der Waals surface area contributed by atoms with Crippen molar-refractivity contribution in [3.8, 4) is 0 Å². The van der Waals surface area contributed by atoms with E-state index in [0.717, 1.165) is 22.5 Å². The summed E-state index contributed by atoms with van der Waals surface area (Å²) < 4.78 is 0. The van der Waals surface area contributed by atoms with E-state index in [-0.39, 0.29) is 5.78 Å². The second-order valence-electron chi connectivity index (χ2n) is 4.61. The summed E-state index contributed by atoms with van der Waals surface area (Å²) in [5.41, 5.74) is 4.05. The third-order valence-electron chi connectivity index (χ3n) is 2.88. The van der Waals surface area contributed by atoms with E-state index in [1.54, 1.807) is 6.92 Å². The maximum Gasteiger partial charge on any atom is 0.134 e. The lowest BCUT2D eigenvalue weighted by atomic mass is 10.1. The van der Waals surface area contributed by atoms with E-state index in [2.05, 4.69) is 4.99 Å². The molecular formula is C17H17NO. The van der Waals surface area contributed by atoms with Crippen LogP contribution in [0.3, 0.4) is 0 Å². The Morgan fingerprint density at radius 2 is 1.58 bits per heavy atom. The van der Waals surface area contributed by atoms with E-state index in [0.29, 0.717) is 6.42 Å². The van der Waals surface area contributed by atoms with E-state index in [4.69, 9.17) is 0 Å². The molecule has 0 bridgehead atoms. The van der Waals surface area contributed by atoms with Gasteiger partial charge in [-0.25, -0.2) is 0 Å². The molecule has 0 fully saturated rings. The van der Waals surface area contributed by atoms with Crippen molar-refractivity contribution in [3.05, 3.63) is 65.7 Å². The fourth-order valence-electron chi connectivity index (χ4n) is 1.91. The summed E-state index contributed by atoms with van der Waals surface area (Å²) in [4.78, 5) is 15.6. The molecule has 0 radical (unpaired) electrons. The summed E-state index contributed by atoms with van der Waals surface area (Å²) >= 11 is 0. The molecule has 2 heteroatoms. The van der Waals surface area contributed by atoms with Gasteiger partial charge in [-0.15, -0.1) is 0 Å². The summed E-state index contributed by atoms with van der Waals surface area (Å²) in [6.45, 7) is 3.60. The molecule has 0 aliphatic rings. The highest BCUT2D eigenvalue weighted by Gasteiger charge is 1.99. The molecule has 0 amide bonds. The van der Waals surface area contributed by atoms with Gasteiger partial charge < -0.3 is 0 Å². The first-order valence-corrected chi connectivity index (χ1v) is 6.34. The zero-order valence-corrected chi connectivity index (χ0v) is 11.3. The van der Waals surface area contributed by atoms with E-state index in [1.807, 2.05) is 61.5 Å². The first-order chi connectivity index (χ1) is 9.15. The SMILES string of the molecule is CC(=O)Cc1ccc(N=C(C)c2ccccc2)cc1. The van der Waals surface area contributed by atoms with Crippen LogP contribution < -0.4 is 0 Å². The Bertz CT molecular complexity index is 582. The maximum absolute atomic E-state index is 11.0. The van der Waals surface area contributed by atoms with Crippen LogP contribution in [-0.2, 0) is 11.2 Å². The fourth-order valence-corrected chi connectivity index (χ4v) is 1.91. The number of nitrogens with zero attached hydrogens (tertiary/aromatic N) is 1. The third-order valence-corrected chi connectivity index (χ3v) is 2.88. The molecule has 0 aliphatic heterocycles. The summed E-state index contributed by atoms with van der Waals surface area (Å²) in [6.07, 6.45) is 0.488. The van der Waals surface area contributed by atoms with Gasteiger partial charge in [-0.2, -0.15) is 0 Å². The van der Waals surface area contributed by atoms with Crippen LogP contribution in [-0.4, -0.2) is 11.5 Å². The standard InChI is InChI=1S/C17H17NO/c1-13(19)12-15-8-10-17(11-9-15)18-14(2)16-6-4-3-5-7-16/h3-11H,12H2,1-2H3. The number of rotatable bonds is 4. The second kappa shape index (κ2) is 6.10. The lowest BCUT2D eigenvalue weighted by Gasteiger charge is -2.02. The zero-order valence-electron chi connectivity index (χ0n) is 11.3. The van der Waals surface area contributed by atoms with Crippen molar-refractivity contribution in [2.75, 3.05) is 0 Å². The molecule has 0 N–H and O–H groups in total. The van der Waals surface area contributed by atoms with Gasteiger partial charge in [-0.05, 0) is 37.1 Å². The Morgan fingerprint density at radius 3 is 2.16 bits per heavy atom. The summed E-state index contributed by atoms with van der Waals surface area (Å²) in [7, 11) is 0. The van der Waals surface area contributed by atoms with Crippen molar-refractivity contribution in [3.63, 3.8) is 0 Å². The number of Topliss-reactive ketones (excluding diaryl/α,β-unsaturated/α-hetero) is 1. The lowest BCUT2D eigenvalue weighted by Crippen LogP contribution is -1.95. The lowest BCUT2D eigenvalue weighted by molar-refractivity contribution is -0.116. The molecule has 96 valence electrons. The van der Waals surface area contributed by atoms with Crippen LogP contribution in [0.25, 0.3) is 0 Å². The van der Waals surface area contributed by atoms with Crippen molar-refractivity contribution >= 4 is 17.2 Å². The molecule has 0 saturated heterocycles. The average molecular weight is 251 g/mol. The smallest absolute Gasteiger partial charge is 0.134 e. The Balaban J connectivity index is 2.17. The van der Waals surface area contributed by atoms with E-state index in [1.165, 1.54) is 0 Å². The fraction of sp³-hybridized carbons (Fsp3) is 0.176. The number of ketones is 1. The van der Waals surface area contributed by atoms with Crippen LogP contribution in [0.15, 0.2) is 59.6 Å². The molecule has 2 rings (SSSR count). The molecule has 0 spiro atoms. The Hall–Kier alpha value is -2.22. The van der Waals surface area contributed by atoms with Gasteiger partial charge in [0.2, 0.25) is 0 Å². The molecule has 19 heavy (non-hydrogen) atoms. The minimum atomic E-state index is 0.178. The maximum atomic E-state index is 11.0. The van der Waals surface area contributed by atoms with Gasteiger partial charge in [0.1, 0.15) is 5.78 Å². The molecule has 0 aliphatic carbocycles. The van der Waals surface area contributed by atoms with Gasteiger partial charge in [0.15, 0.2) is 0 Å². The number of benzene rings is 2. The first kappa shape index (κ1) is 13.2. The zero-order chi connectivity index (χ0) is 13.7. The number of hydrogen-bond donors (Lipinski definition) is 0. The highest BCUT2D eigenvalue weighted by Crippen LogP contribution is 2.15. The summed E-state index contributed by atoms with van der Waals surface area (Å²) in [5.74, 6) is 0.178. The summed E-state index contributed by atoms with van der Waals surface area (Å²) in [6, 6.07) is 17.9. The Kier molecular flexibility index (Phi) is 4.24. The van der Waals surface area contributed by atoms with Gasteiger partial charge in [0.25, 0.3) is 0 Å². The van der Waals surface area contributed by atoms with Crippen LogP contribution in [0.2, 0.25) is 0 Å². The third kappa shape index (κ3) is 3.88. The van der Waals surface area contributed by atoms with Crippen LogP contribution in [0, 0.1) is 0 Å². The summed E-state index contributed by atoms with van der Waals surface area (Å²) in [5, 5.41) is 0. The van der Waals surface area contributed by atoms with Crippen LogP contribution in [0.1, 0.15) is 25.0 Å². The van der Waals surface area contributed by atoms with Gasteiger partial charge in [0.05, 0.1) is 5.69 Å². The van der Waals surface area contributed by atoms with Gasteiger partial charge in [-0.1, -0.05) is 42.5 Å². The first-order valence-electron chi connectivity index (χ1n) is 6.34. The van der Waals surface area contributed by atoms with Gasteiger partial charge >= 0.3 is 0 Å². The Labute approximate surface area is 113 Å². The van der Waals surface area contributed by atoms with Crippen molar-refractivity contribution in [1.29, 1.82) is 0 Å². The van der Waals surface area contributed by atoms with Crippen LogP contribution in [0.5, 0.6) is 0 Å². The van der Waals surface area contributed by atoms with E-state index >= 15 is 0 Å². The van der Waals surface area contributed by atoms with Crippen molar-refractivity contribution < 1.29 is 4.79 Å². The predicted octanol–water partition coefficient (Wildman–Crippen LogP) is 3.96. The number of carbonyl (C=O) groups is 1. The molecule has 0 atom stereocenters. The second-order valence-corrected chi connectivity index (χ2v) is 4.61. The van der Waals surface area contributed by atoms with Crippen LogP contribution in [0.4, 0.5) is 5.69 Å². The van der Waals surface area contributed by atoms with Crippen molar-refractivity contribution in [2.24, 2.45) is 4.99 Å². The minimum absolute atomic E-state index is 0.178. The average Bonchev–Trinajstić information content (AvgIpc) is 2.41. The largest absolute Gasteiger partial charge is 0.300 e. The molecule has 0 unspecified atom stereocenters. The normalized spacial score (nSPS) is 11.4. The highest BCUT2D eigenvalue weighted by molar-refractivity contribution is 6.00. The molecule has 0 aromatic heterocycles. The van der Waals surface area contributed by atoms with Gasteiger partial charge in [0, 0.05) is 12.1 Å². The monoisotopic (exact) mass is 251 g/mol. The Morgan fingerprint density at radius 1 is 0.947 bits per heavy atom. The van der Waals surface area contributed by atoms with Crippen molar-refractivity contribution in [1.82, 2.24) is 0 Å².